The van der Waals surface area contributed by atoms with Gasteiger partial charge in [0.2, 0.25) is 0 Å². The lowest BCUT2D eigenvalue weighted by atomic mass is 10.1. The van der Waals surface area contributed by atoms with E-state index in [4.69, 9.17) is 9.15 Å². The minimum atomic E-state index is 0.664. The second-order valence-corrected chi connectivity index (χ2v) is 3.94. The number of methoxy groups -OCH3 is 1. The van der Waals surface area contributed by atoms with Gasteiger partial charge in [0.25, 0.3) is 0 Å². The first-order chi connectivity index (χ1) is 8.29. The molecule has 0 unspecified atom stereocenters. The van der Waals surface area contributed by atoms with E-state index in [0.29, 0.717) is 5.76 Å². The van der Waals surface area contributed by atoms with Crippen molar-refractivity contribution >= 4 is 27.7 Å². The van der Waals surface area contributed by atoms with Gasteiger partial charge in [-0.2, -0.15) is 0 Å². The molecule has 0 bridgehead atoms. The molecule has 0 saturated heterocycles. The van der Waals surface area contributed by atoms with Crippen molar-refractivity contribution in [2.24, 2.45) is 0 Å². The van der Waals surface area contributed by atoms with E-state index in [0.717, 1.165) is 27.5 Å². The predicted molar refractivity (Wildman–Crippen MR) is 69.8 cm³/mol. The Labute approximate surface area is 99.1 Å². The first-order valence-corrected chi connectivity index (χ1v) is 5.44. The van der Waals surface area contributed by atoms with Crippen LogP contribution >= 0.6 is 0 Å². The Morgan fingerprint density at radius 3 is 2.65 bits per heavy atom. The van der Waals surface area contributed by atoms with Crippen LogP contribution in [-0.2, 0) is 4.74 Å². The molecule has 0 aliphatic heterocycles. The normalized spacial score (nSPS) is 10.9. The Kier molecular flexibility index (Phi) is 2.15. The largest absolute Gasteiger partial charge is 0.497 e. The van der Waals surface area contributed by atoms with Gasteiger partial charge in [-0.1, -0.05) is 24.8 Å². The summed E-state index contributed by atoms with van der Waals surface area (Å²) < 4.78 is 10.9. The van der Waals surface area contributed by atoms with Gasteiger partial charge in [0.1, 0.15) is 16.9 Å². The number of para-hydroxylation sites is 1. The van der Waals surface area contributed by atoms with Gasteiger partial charge in [-0.05, 0) is 24.3 Å². The molecule has 0 atom stereocenters. The molecule has 84 valence electrons. The molecule has 1 aromatic heterocycles. The van der Waals surface area contributed by atoms with Crippen molar-refractivity contribution in [1.82, 2.24) is 0 Å². The number of ether oxygens (including phenoxy) is 1. The summed E-state index contributed by atoms with van der Waals surface area (Å²) in [6, 6.07) is 14.0. The standard InChI is InChI=1S/C15H12O2/c1-10(16-2)11-7-8-15-13(9-11)12-5-3-4-6-14(12)17-15/h3-9H,1H2,2H3. The van der Waals surface area contributed by atoms with Crippen LogP contribution in [0.3, 0.4) is 0 Å². The molecule has 2 nitrogen and oxygen atoms in total. The van der Waals surface area contributed by atoms with E-state index >= 15 is 0 Å². The van der Waals surface area contributed by atoms with E-state index in [1.165, 1.54) is 0 Å². The summed E-state index contributed by atoms with van der Waals surface area (Å²) in [4.78, 5) is 0. The zero-order valence-electron chi connectivity index (χ0n) is 9.57. The van der Waals surface area contributed by atoms with Crippen LogP contribution < -0.4 is 0 Å². The van der Waals surface area contributed by atoms with Crippen molar-refractivity contribution in [1.29, 1.82) is 0 Å². The first-order valence-electron chi connectivity index (χ1n) is 5.44. The minimum absolute atomic E-state index is 0.664. The topological polar surface area (TPSA) is 22.4 Å². The van der Waals surface area contributed by atoms with Crippen molar-refractivity contribution in [3.8, 4) is 0 Å². The molecule has 0 N–H and O–H groups in total. The fourth-order valence-corrected chi connectivity index (χ4v) is 2.02. The zero-order valence-corrected chi connectivity index (χ0v) is 9.57. The summed E-state index contributed by atoms with van der Waals surface area (Å²) in [6.07, 6.45) is 0. The lowest BCUT2D eigenvalue weighted by Crippen LogP contribution is -1.84. The van der Waals surface area contributed by atoms with Gasteiger partial charge < -0.3 is 9.15 Å². The van der Waals surface area contributed by atoms with Crippen LogP contribution in [-0.4, -0.2) is 7.11 Å². The van der Waals surface area contributed by atoms with E-state index in [1.54, 1.807) is 7.11 Å². The number of hydrogen-bond acceptors (Lipinski definition) is 2. The molecule has 0 radical (unpaired) electrons. The second kappa shape index (κ2) is 3.67. The van der Waals surface area contributed by atoms with Crippen LogP contribution in [0.2, 0.25) is 0 Å². The number of furan rings is 1. The maximum atomic E-state index is 5.75. The lowest BCUT2D eigenvalue weighted by molar-refractivity contribution is 0.371. The molecule has 0 spiro atoms. The summed E-state index contributed by atoms with van der Waals surface area (Å²) in [5.41, 5.74) is 2.77. The third kappa shape index (κ3) is 1.49. The fourth-order valence-electron chi connectivity index (χ4n) is 2.02. The van der Waals surface area contributed by atoms with Gasteiger partial charge in [0, 0.05) is 16.3 Å². The van der Waals surface area contributed by atoms with Crippen LogP contribution in [0.25, 0.3) is 27.7 Å². The van der Waals surface area contributed by atoms with Crippen molar-refractivity contribution in [3.05, 3.63) is 54.6 Å². The van der Waals surface area contributed by atoms with E-state index in [9.17, 15) is 0 Å². The third-order valence-corrected chi connectivity index (χ3v) is 2.95. The van der Waals surface area contributed by atoms with Crippen molar-refractivity contribution in [2.75, 3.05) is 7.11 Å². The Bertz CT molecular complexity index is 707. The summed E-state index contributed by atoms with van der Waals surface area (Å²) >= 11 is 0. The zero-order chi connectivity index (χ0) is 11.8. The van der Waals surface area contributed by atoms with Gasteiger partial charge >= 0.3 is 0 Å². The Morgan fingerprint density at radius 1 is 1.06 bits per heavy atom. The first kappa shape index (κ1) is 9.97. The van der Waals surface area contributed by atoms with Crippen LogP contribution in [0, 0.1) is 0 Å². The SMILES string of the molecule is C=C(OC)c1ccc2oc3ccccc3c2c1. The number of rotatable bonds is 2. The molecule has 0 fully saturated rings. The van der Waals surface area contributed by atoms with Crippen molar-refractivity contribution < 1.29 is 9.15 Å². The highest BCUT2D eigenvalue weighted by molar-refractivity contribution is 6.05. The van der Waals surface area contributed by atoms with Crippen molar-refractivity contribution in [3.63, 3.8) is 0 Å². The average Bonchev–Trinajstić information content (AvgIpc) is 2.75. The monoisotopic (exact) mass is 224 g/mol. The molecule has 0 amide bonds. The summed E-state index contributed by atoms with van der Waals surface area (Å²) in [5, 5.41) is 2.21. The Balaban J connectivity index is 2.33. The number of fused-ring (bicyclic) bond motifs is 3. The Hall–Kier alpha value is -2.22. The maximum Gasteiger partial charge on any atom is 0.135 e. The van der Waals surface area contributed by atoms with Gasteiger partial charge in [0.05, 0.1) is 7.11 Å². The molecule has 3 aromatic rings. The van der Waals surface area contributed by atoms with Gasteiger partial charge in [0.15, 0.2) is 0 Å². The highest BCUT2D eigenvalue weighted by Crippen LogP contribution is 2.30. The fraction of sp³-hybridized carbons (Fsp3) is 0.0667. The van der Waals surface area contributed by atoms with Crippen LogP contribution in [0.4, 0.5) is 0 Å². The number of benzene rings is 2. The smallest absolute Gasteiger partial charge is 0.135 e. The van der Waals surface area contributed by atoms with Gasteiger partial charge in [-0.15, -0.1) is 0 Å². The molecular weight excluding hydrogens is 212 g/mol. The summed E-state index contributed by atoms with van der Waals surface area (Å²) in [5.74, 6) is 0.664. The highest BCUT2D eigenvalue weighted by Gasteiger charge is 2.07. The van der Waals surface area contributed by atoms with Crippen LogP contribution in [0.5, 0.6) is 0 Å². The van der Waals surface area contributed by atoms with E-state index in [2.05, 4.69) is 12.6 Å². The van der Waals surface area contributed by atoms with Crippen molar-refractivity contribution in [2.45, 2.75) is 0 Å². The maximum absolute atomic E-state index is 5.75. The second-order valence-electron chi connectivity index (χ2n) is 3.94. The molecule has 0 aliphatic rings. The molecule has 0 aliphatic carbocycles. The average molecular weight is 224 g/mol. The predicted octanol–water partition coefficient (Wildman–Crippen LogP) is 4.20. The molecule has 17 heavy (non-hydrogen) atoms. The van der Waals surface area contributed by atoms with Crippen LogP contribution in [0.15, 0.2) is 53.5 Å². The molecule has 0 saturated carbocycles. The van der Waals surface area contributed by atoms with E-state index in [1.807, 2.05) is 36.4 Å². The Morgan fingerprint density at radius 2 is 1.82 bits per heavy atom. The summed E-state index contributed by atoms with van der Waals surface area (Å²) in [6.45, 7) is 3.86. The lowest BCUT2D eigenvalue weighted by Gasteiger charge is -2.03. The molecular formula is C15H12O2. The summed E-state index contributed by atoms with van der Waals surface area (Å²) in [7, 11) is 1.63. The molecule has 1 heterocycles. The molecule has 2 heteroatoms. The van der Waals surface area contributed by atoms with Crippen LogP contribution in [0.1, 0.15) is 5.56 Å². The minimum Gasteiger partial charge on any atom is -0.497 e. The third-order valence-electron chi connectivity index (χ3n) is 2.95. The molecule has 3 rings (SSSR count). The van der Waals surface area contributed by atoms with Gasteiger partial charge in [-0.25, -0.2) is 0 Å². The van der Waals surface area contributed by atoms with E-state index < -0.39 is 0 Å². The highest BCUT2D eigenvalue weighted by atomic mass is 16.5. The van der Waals surface area contributed by atoms with Gasteiger partial charge in [-0.3, -0.25) is 0 Å². The van der Waals surface area contributed by atoms with E-state index in [-0.39, 0.29) is 0 Å². The molecule has 2 aromatic carbocycles. The number of hydrogen-bond donors (Lipinski definition) is 0. The quantitative estimate of drug-likeness (QED) is 0.608.